The lowest BCUT2D eigenvalue weighted by molar-refractivity contribution is 0.0286. The van der Waals surface area contributed by atoms with Gasteiger partial charge in [0.15, 0.2) is 8.32 Å². The number of halogens is 1. The summed E-state index contributed by atoms with van der Waals surface area (Å²) in [5, 5.41) is 20.2. The van der Waals surface area contributed by atoms with Gasteiger partial charge >= 0.3 is 0 Å². The van der Waals surface area contributed by atoms with Gasteiger partial charge in [0.2, 0.25) is 0 Å². The van der Waals surface area contributed by atoms with E-state index in [2.05, 4.69) is 74.4 Å². The van der Waals surface area contributed by atoms with Gasteiger partial charge < -0.3 is 14.6 Å². The third kappa shape index (κ3) is 10.5. The van der Waals surface area contributed by atoms with Gasteiger partial charge in [-0.2, -0.15) is 0 Å². The second-order valence-corrected chi connectivity index (χ2v) is 14.6. The fourth-order valence-corrected chi connectivity index (χ4v) is 3.91. The molecule has 150 valence electrons. The molecule has 0 saturated heterocycles. The summed E-state index contributed by atoms with van der Waals surface area (Å²) in [6.07, 6.45) is 4.77. The average molecular weight is 485 g/mol. The molecule has 0 aliphatic carbocycles. The molecule has 0 radical (unpaired) electrons. The molecule has 0 aliphatic heterocycles. The van der Waals surface area contributed by atoms with Gasteiger partial charge in [-0.15, -0.1) is 0 Å². The molecule has 0 aliphatic rings. The van der Waals surface area contributed by atoms with Gasteiger partial charge in [-0.05, 0) is 47.9 Å². The zero-order valence-corrected chi connectivity index (χ0v) is 20.6. The lowest BCUT2D eigenvalue weighted by Crippen LogP contribution is -2.43. The van der Waals surface area contributed by atoms with Crippen LogP contribution in [0.1, 0.15) is 66.7 Å². The van der Waals surface area contributed by atoms with Crippen LogP contribution in [0.25, 0.3) is 0 Å². The van der Waals surface area contributed by atoms with E-state index in [0.29, 0.717) is 12.5 Å². The van der Waals surface area contributed by atoms with Crippen LogP contribution in [-0.2, 0) is 4.43 Å². The number of rotatable bonds is 12. The zero-order chi connectivity index (χ0) is 19.7. The van der Waals surface area contributed by atoms with Gasteiger partial charge in [0.25, 0.3) is 0 Å². The number of aliphatic hydroxyl groups excluding tert-OH is 2. The molecule has 2 N–H and O–H groups in total. The van der Waals surface area contributed by atoms with Gasteiger partial charge in [-0.1, -0.05) is 75.1 Å². The summed E-state index contributed by atoms with van der Waals surface area (Å²) in [5.74, 6) is 0.523. The highest BCUT2D eigenvalue weighted by Crippen LogP contribution is 2.37. The quantitative estimate of drug-likeness (QED) is 0.206. The van der Waals surface area contributed by atoms with Crippen molar-refractivity contribution < 1.29 is 14.6 Å². The van der Waals surface area contributed by atoms with E-state index in [-0.39, 0.29) is 17.6 Å². The maximum atomic E-state index is 10.4. The van der Waals surface area contributed by atoms with E-state index in [1.165, 1.54) is 12.0 Å². The van der Waals surface area contributed by atoms with E-state index in [4.69, 9.17) is 4.43 Å². The Morgan fingerprint density at radius 1 is 1.20 bits per heavy atom. The molecule has 0 aromatic rings. The van der Waals surface area contributed by atoms with E-state index < -0.39 is 14.4 Å². The molecular formula is C20H41IO3Si. The molecule has 0 aromatic carbocycles. The number of aliphatic hydroxyl groups is 2. The molecule has 0 rings (SSSR count). The molecule has 0 spiro atoms. The van der Waals surface area contributed by atoms with Crippen LogP contribution in [0.2, 0.25) is 18.1 Å². The number of hydrogen-bond acceptors (Lipinski definition) is 3. The van der Waals surface area contributed by atoms with Crippen molar-refractivity contribution in [2.75, 3.05) is 13.2 Å². The molecule has 0 bridgehead atoms. The monoisotopic (exact) mass is 484 g/mol. The topological polar surface area (TPSA) is 49.7 Å². The Bertz CT molecular complexity index is 391. The normalized spacial score (nSPS) is 17.4. The highest BCUT2D eigenvalue weighted by Gasteiger charge is 2.38. The maximum Gasteiger partial charge on any atom is 0.191 e. The molecule has 0 saturated carbocycles. The molecule has 0 amide bonds. The Kier molecular flexibility index (Phi) is 12.4. The first kappa shape index (κ1) is 25.6. The molecule has 0 fully saturated rings. The smallest absolute Gasteiger partial charge is 0.191 e. The molecule has 25 heavy (non-hydrogen) atoms. The highest BCUT2D eigenvalue weighted by atomic mass is 127. The van der Waals surface area contributed by atoms with Crippen LogP contribution in [0.5, 0.6) is 0 Å². The van der Waals surface area contributed by atoms with Crippen LogP contribution in [0.4, 0.5) is 0 Å². The first-order chi connectivity index (χ1) is 11.4. The predicted molar refractivity (Wildman–Crippen MR) is 120 cm³/mol. The Hall–Kier alpha value is 0.567. The third-order valence-electron chi connectivity index (χ3n) is 5.55. The van der Waals surface area contributed by atoms with E-state index in [1.54, 1.807) is 0 Å². The van der Waals surface area contributed by atoms with Gasteiger partial charge in [-0.25, -0.2) is 0 Å². The van der Waals surface area contributed by atoms with Crippen molar-refractivity contribution in [1.82, 2.24) is 0 Å². The highest BCUT2D eigenvalue weighted by molar-refractivity contribution is 14.1. The van der Waals surface area contributed by atoms with Gasteiger partial charge in [0, 0.05) is 12.5 Å². The van der Waals surface area contributed by atoms with Crippen LogP contribution in [0.3, 0.4) is 0 Å². The van der Waals surface area contributed by atoms with Crippen LogP contribution in [-0.4, -0.2) is 37.8 Å². The van der Waals surface area contributed by atoms with Crippen molar-refractivity contribution >= 4 is 30.9 Å². The van der Waals surface area contributed by atoms with E-state index in [1.807, 2.05) is 0 Å². The predicted octanol–water partition coefficient (Wildman–Crippen LogP) is 5.90. The maximum absolute atomic E-state index is 10.4. The Labute approximate surface area is 170 Å². The summed E-state index contributed by atoms with van der Waals surface area (Å²) in [7, 11) is -1.83. The molecule has 0 unspecified atom stereocenters. The van der Waals surface area contributed by atoms with E-state index >= 15 is 0 Å². The Morgan fingerprint density at radius 2 is 1.76 bits per heavy atom. The number of allylic oxidation sites excluding steroid dienone is 1. The summed E-state index contributed by atoms with van der Waals surface area (Å²) in [6.45, 7) is 16.0. The zero-order valence-electron chi connectivity index (χ0n) is 17.4. The van der Waals surface area contributed by atoms with Crippen molar-refractivity contribution in [3.63, 3.8) is 0 Å². The molecule has 3 atom stereocenters. The summed E-state index contributed by atoms with van der Waals surface area (Å²) < 4.78 is 8.34. The summed E-state index contributed by atoms with van der Waals surface area (Å²) in [4.78, 5) is 0. The van der Waals surface area contributed by atoms with Crippen molar-refractivity contribution in [1.29, 1.82) is 0 Å². The van der Waals surface area contributed by atoms with E-state index in [9.17, 15) is 10.2 Å². The molecule has 3 nitrogen and oxygen atoms in total. The third-order valence-corrected chi connectivity index (χ3v) is 11.1. The van der Waals surface area contributed by atoms with Gasteiger partial charge in [-0.3, -0.25) is 0 Å². The number of unbranched alkanes of at least 4 members (excludes halogenated alkanes) is 1. The second-order valence-electron chi connectivity index (χ2n) is 9.13. The fourth-order valence-electron chi connectivity index (χ4n) is 2.60. The first-order valence-corrected chi connectivity index (χ1v) is 13.8. The minimum absolute atomic E-state index is 0.00809. The Morgan fingerprint density at radius 3 is 2.24 bits per heavy atom. The molecule has 5 heteroatoms. The van der Waals surface area contributed by atoms with Gasteiger partial charge in [0.1, 0.15) is 0 Å². The van der Waals surface area contributed by atoms with Crippen LogP contribution in [0.15, 0.2) is 9.66 Å². The van der Waals surface area contributed by atoms with Crippen molar-refractivity contribution in [2.24, 2.45) is 11.8 Å². The fraction of sp³-hybridized carbons (Fsp3) is 0.900. The van der Waals surface area contributed by atoms with Crippen molar-refractivity contribution in [2.45, 2.75) is 91.0 Å². The minimum atomic E-state index is -1.83. The molecule has 0 aromatic heterocycles. The van der Waals surface area contributed by atoms with Crippen molar-refractivity contribution in [3.8, 4) is 0 Å². The minimum Gasteiger partial charge on any atom is -0.416 e. The standard InChI is InChI=1S/C20H41IO3Si/c1-16(12-17(2)13-21)10-8-9-11-19(23)18(14-22)15-24-25(6,7)20(3,4)5/h13,16,18-19,22-23H,8-12,14-15H2,1-7H3/b17-13+/t16-,18-,19-/m1/s1. The van der Waals surface area contributed by atoms with Crippen molar-refractivity contribution in [3.05, 3.63) is 9.66 Å². The van der Waals surface area contributed by atoms with Crippen LogP contribution in [0, 0.1) is 11.8 Å². The second kappa shape index (κ2) is 12.1. The Balaban J connectivity index is 4.19. The largest absolute Gasteiger partial charge is 0.416 e. The molecular weight excluding hydrogens is 443 g/mol. The SMILES string of the molecule is C/C(=C\I)C[C@H](C)CCCC[C@@H](O)[C@H](CO)CO[Si](C)(C)C(C)(C)C. The van der Waals surface area contributed by atoms with Gasteiger partial charge in [0.05, 0.1) is 12.7 Å². The molecule has 0 heterocycles. The lowest BCUT2D eigenvalue weighted by atomic mass is 9.94. The van der Waals surface area contributed by atoms with E-state index in [0.717, 1.165) is 25.7 Å². The van der Waals surface area contributed by atoms with Crippen LogP contribution >= 0.6 is 22.6 Å². The first-order valence-electron chi connectivity index (χ1n) is 9.63. The lowest BCUT2D eigenvalue weighted by Gasteiger charge is -2.37. The average Bonchev–Trinajstić information content (AvgIpc) is 2.50. The van der Waals surface area contributed by atoms with Crippen LogP contribution < -0.4 is 0 Å². The summed E-state index contributed by atoms with van der Waals surface area (Å²) in [5.41, 5.74) is 1.44. The summed E-state index contributed by atoms with van der Waals surface area (Å²) >= 11 is 2.30. The summed E-state index contributed by atoms with van der Waals surface area (Å²) in [6, 6.07) is 0. The number of hydrogen-bond donors (Lipinski definition) is 2.